The first-order chi connectivity index (χ1) is 10.1. The van der Waals surface area contributed by atoms with Crippen LogP contribution in [0, 0.1) is 5.92 Å². The van der Waals surface area contributed by atoms with Crippen LogP contribution in [0.1, 0.15) is 37.1 Å². The summed E-state index contributed by atoms with van der Waals surface area (Å²) in [4.78, 5) is 0. The Bertz CT molecular complexity index is 611. The van der Waals surface area contributed by atoms with Crippen molar-refractivity contribution < 1.29 is 4.74 Å². The van der Waals surface area contributed by atoms with Gasteiger partial charge in [0.05, 0.1) is 6.61 Å². The predicted octanol–water partition coefficient (Wildman–Crippen LogP) is 4.76. The van der Waals surface area contributed by atoms with Crippen LogP contribution in [-0.2, 0) is 0 Å². The Morgan fingerprint density at radius 2 is 1.86 bits per heavy atom. The Labute approximate surface area is 131 Å². The molecule has 0 amide bonds. The van der Waals surface area contributed by atoms with E-state index < -0.39 is 0 Å². The van der Waals surface area contributed by atoms with Crippen molar-refractivity contribution in [2.45, 2.75) is 25.9 Å². The molecule has 2 nitrogen and oxygen atoms in total. The number of nitrogens with one attached hydrogen (secondary N) is 1. The second-order valence-electron chi connectivity index (χ2n) is 5.74. The summed E-state index contributed by atoms with van der Waals surface area (Å²) in [5.41, 5.74) is 2.49. The lowest BCUT2D eigenvalue weighted by atomic mass is 9.91. The predicted molar refractivity (Wildman–Crippen MR) is 86.8 cm³/mol. The molecule has 21 heavy (non-hydrogen) atoms. The fourth-order valence-corrected chi connectivity index (χ4v) is 2.99. The van der Waals surface area contributed by atoms with E-state index in [4.69, 9.17) is 16.3 Å². The maximum Gasteiger partial charge on any atom is 0.124 e. The first kappa shape index (κ1) is 14.4. The number of halogens is 1. The number of para-hydroxylation sites is 1. The second-order valence-corrected chi connectivity index (χ2v) is 6.18. The van der Waals surface area contributed by atoms with Crippen LogP contribution in [0.5, 0.6) is 5.75 Å². The van der Waals surface area contributed by atoms with Gasteiger partial charge in [0.1, 0.15) is 5.75 Å². The standard InChI is InChI=1S/C18H20ClNO/c1-12-11-21-17-6-4-3-5-16(17)18(12)20-13(2)14-7-9-15(19)10-8-14/h3-10,12-13,18,20H,11H2,1-2H3/t12?,13-,18?/m1/s1. The van der Waals surface area contributed by atoms with Gasteiger partial charge in [0.2, 0.25) is 0 Å². The van der Waals surface area contributed by atoms with Crippen LogP contribution in [0.25, 0.3) is 0 Å². The Balaban J connectivity index is 1.82. The van der Waals surface area contributed by atoms with E-state index in [1.165, 1.54) is 11.1 Å². The topological polar surface area (TPSA) is 21.3 Å². The number of ether oxygens (including phenoxy) is 1. The van der Waals surface area contributed by atoms with Gasteiger partial charge in [0.15, 0.2) is 0 Å². The molecule has 0 fully saturated rings. The van der Waals surface area contributed by atoms with Gasteiger partial charge in [-0.2, -0.15) is 0 Å². The van der Waals surface area contributed by atoms with Crippen LogP contribution in [0.15, 0.2) is 48.5 Å². The second kappa shape index (κ2) is 6.08. The van der Waals surface area contributed by atoms with E-state index in [0.717, 1.165) is 17.4 Å². The van der Waals surface area contributed by atoms with Crippen LogP contribution >= 0.6 is 11.6 Å². The zero-order valence-electron chi connectivity index (χ0n) is 12.3. The van der Waals surface area contributed by atoms with Gasteiger partial charge in [-0.15, -0.1) is 0 Å². The smallest absolute Gasteiger partial charge is 0.124 e. The van der Waals surface area contributed by atoms with Gasteiger partial charge in [0.25, 0.3) is 0 Å². The first-order valence-electron chi connectivity index (χ1n) is 7.38. The van der Waals surface area contributed by atoms with Crippen molar-refractivity contribution in [3.05, 3.63) is 64.7 Å². The molecule has 1 N–H and O–H groups in total. The van der Waals surface area contributed by atoms with Gasteiger partial charge in [-0.3, -0.25) is 0 Å². The summed E-state index contributed by atoms with van der Waals surface area (Å²) in [5, 5.41) is 4.51. The highest BCUT2D eigenvalue weighted by Gasteiger charge is 2.28. The average molecular weight is 302 g/mol. The molecule has 0 saturated heterocycles. The molecular weight excluding hydrogens is 282 g/mol. The zero-order chi connectivity index (χ0) is 14.8. The number of hydrogen-bond donors (Lipinski definition) is 1. The van der Waals surface area contributed by atoms with E-state index in [1.807, 2.05) is 24.3 Å². The molecule has 2 unspecified atom stereocenters. The molecule has 1 aliphatic heterocycles. The lowest BCUT2D eigenvalue weighted by Gasteiger charge is -2.34. The van der Waals surface area contributed by atoms with Crippen molar-refractivity contribution in [3.8, 4) is 5.75 Å². The minimum Gasteiger partial charge on any atom is -0.493 e. The van der Waals surface area contributed by atoms with Gasteiger partial charge in [-0.1, -0.05) is 48.9 Å². The minimum absolute atomic E-state index is 0.265. The van der Waals surface area contributed by atoms with Gasteiger partial charge < -0.3 is 10.1 Å². The SMILES string of the molecule is CC1COc2ccccc2C1N[C@H](C)c1ccc(Cl)cc1. The van der Waals surface area contributed by atoms with E-state index in [-0.39, 0.29) is 6.04 Å². The van der Waals surface area contributed by atoms with Crippen LogP contribution in [0.3, 0.4) is 0 Å². The molecule has 0 radical (unpaired) electrons. The normalized spacial score (nSPS) is 22.2. The van der Waals surface area contributed by atoms with Crippen molar-refractivity contribution in [1.29, 1.82) is 0 Å². The first-order valence-corrected chi connectivity index (χ1v) is 7.76. The van der Waals surface area contributed by atoms with E-state index in [1.54, 1.807) is 0 Å². The Morgan fingerprint density at radius 3 is 2.62 bits per heavy atom. The van der Waals surface area contributed by atoms with E-state index in [9.17, 15) is 0 Å². The molecule has 3 rings (SSSR count). The summed E-state index contributed by atoms with van der Waals surface area (Å²) in [6, 6.07) is 16.9. The van der Waals surface area contributed by atoms with Crippen molar-refractivity contribution in [2.75, 3.05) is 6.61 Å². The molecule has 0 spiro atoms. The Kier molecular flexibility index (Phi) is 4.18. The van der Waals surface area contributed by atoms with Gasteiger partial charge in [-0.25, -0.2) is 0 Å². The number of hydrogen-bond acceptors (Lipinski definition) is 2. The number of rotatable bonds is 3. The summed E-state index contributed by atoms with van der Waals surface area (Å²) < 4.78 is 5.81. The molecule has 3 atom stereocenters. The highest BCUT2D eigenvalue weighted by Crippen LogP contribution is 2.36. The fourth-order valence-electron chi connectivity index (χ4n) is 2.86. The van der Waals surface area contributed by atoms with Crippen molar-refractivity contribution in [1.82, 2.24) is 5.32 Å². The van der Waals surface area contributed by atoms with E-state index >= 15 is 0 Å². The molecule has 1 heterocycles. The molecule has 2 aromatic rings. The fraction of sp³-hybridized carbons (Fsp3) is 0.333. The van der Waals surface area contributed by atoms with Gasteiger partial charge in [0, 0.05) is 28.6 Å². The monoisotopic (exact) mass is 301 g/mol. The van der Waals surface area contributed by atoms with Crippen molar-refractivity contribution in [3.63, 3.8) is 0 Å². The zero-order valence-corrected chi connectivity index (χ0v) is 13.1. The molecule has 0 bridgehead atoms. The molecule has 0 aromatic heterocycles. The van der Waals surface area contributed by atoms with Crippen molar-refractivity contribution in [2.24, 2.45) is 5.92 Å². The molecular formula is C18H20ClNO. The highest BCUT2D eigenvalue weighted by molar-refractivity contribution is 6.30. The molecule has 0 aliphatic carbocycles. The highest BCUT2D eigenvalue weighted by atomic mass is 35.5. The molecule has 1 aliphatic rings. The van der Waals surface area contributed by atoms with E-state index in [0.29, 0.717) is 12.0 Å². The molecule has 2 aromatic carbocycles. The van der Waals surface area contributed by atoms with Crippen LogP contribution in [-0.4, -0.2) is 6.61 Å². The third-order valence-electron chi connectivity index (χ3n) is 4.12. The quantitative estimate of drug-likeness (QED) is 0.882. The lowest BCUT2D eigenvalue weighted by Crippen LogP contribution is -2.35. The number of benzene rings is 2. The maximum atomic E-state index is 5.96. The van der Waals surface area contributed by atoms with E-state index in [2.05, 4.69) is 43.4 Å². The van der Waals surface area contributed by atoms with Crippen molar-refractivity contribution >= 4 is 11.6 Å². The summed E-state index contributed by atoms with van der Waals surface area (Å²) in [6.45, 7) is 5.16. The van der Waals surface area contributed by atoms with Crippen LogP contribution < -0.4 is 10.1 Å². The molecule has 0 saturated carbocycles. The molecule has 3 heteroatoms. The summed E-state index contributed by atoms with van der Waals surface area (Å²) in [7, 11) is 0. The van der Waals surface area contributed by atoms with Crippen LogP contribution in [0.4, 0.5) is 0 Å². The Morgan fingerprint density at radius 1 is 1.14 bits per heavy atom. The third-order valence-corrected chi connectivity index (χ3v) is 4.38. The summed E-state index contributed by atoms with van der Waals surface area (Å²) >= 11 is 5.96. The summed E-state index contributed by atoms with van der Waals surface area (Å²) in [5.74, 6) is 1.44. The largest absolute Gasteiger partial charge is 0.493 e. The maximum absolute atomic E-state index is 5.96. The Hall–Kier alpha value is -1.51. The average Bonchev–Trinajstić information content (AvgIpc) is 2.51. The third kappa shape index (κ3) is 3.07. The van der Waals surface area contributed by atoms with Gasteiger partial charge >= 0.3 is 0 Å². The summed E-state index contributed by atoms with van der Waals surface area (Å²) in [6.07, 6.45) is 0. The molecule has 110 valence electrons. The minimum atomic E-state index is 0.265. The number of fused-ring (bicyclic) bond motifs is 1. The lowest BCUT2D eigenvalue weighted by molar-refractivity contribution is 0.182. The van der Waals surface area contributed by atoms with Crippen LogP contribution in [0.2, 0.25) is 5.02 Å². The van der Waals surface area contributed by atoms with Gasteiger partial charge in [-0.05, 0) is 30.7 Å².